The van der Waals surface area contributed by atoms with E-state index in [9.17, 15) is 4.39 Å². The molecule has 4 heteroatoms. The Kier molecular flexibility index (Phi) is 4.17. The van der Waals surface area contributed by atoms with Gasteiger partial charge in [0.15, 0.2) is 5.82 Å². The van der Waals surface area contributed by atoms with Crippen LogP contribution in [-0.4, -0.2) is 24.2 Å². The van der Waals surface area contributed by atoms with Gasteiger partial charge in [-0.25, -0.2) is 9.38 Å². The van der Waals surface area contributed by atoms with Gasteiger partial charge in [-0.3, -0.25) is 0 Å². The summed E-state index contributed by atoms with van der Waals surface area (Å²) in [7, 11) is 0. The van der Waals surface area contributed by atoms with Crippen molar-refractivity contribution in [3.63, 3.8) is 0 Å². The maximum atomic E-state index is 14.4. The van der Waals surface area contributed by atoms with Gasteiger partial charge in [0, 0.05) is 0 Å². The number of aliphatic imine (C=N–C) groups is 1. The zero-order valence-electron chi connectivity index (χ0n) is 11.8. The van der Waals surface area contributed by atoms with Crippen LogP contribution in [0.2, 0.25) is 0 Å². The summed E-state index contributed by atoms with van der Waals surface area (Å²) < 4.78 is 20.0. The van der Waals surface area contributed by atoms with Crippen molar-refractivity contribution < 1.29 is 14.2 Å². The fraction of sp³-hybridized carbons (Fsp3) is 0.167. The van der Waals surface area contributed by atoms with E-state index in [1.807, 2.05) is 30.3 Å². The van der Waals surface area contributed by atoms with Crippen molar-refractivity contribution in [3.05, 3.63) is 71.0 Å². The van der Waals surface area contributed by atoms with E-state index in [1.54, 1.807) is 18.2 Å². The molecule has 3 nitrogen and oxygen atoms in total. The van der Waals surface area contributed by atoms with Crippen molar-refractivity contribution in [2.24, 2.45) is 4.99 Å². The van der Waals surface area contributed by atoms with E-state index in [2.05, 4.69) is 16.8 Å². The van der Waals surface area contributed by atoms with Crippen molar-refractivity contribution >= 4 is 5.90 Å². The first-order valence-electron chi connectivity index (χ1n) is 6.93. The molecule has 0 fully saturated rings. The molecule has 1 N–H and O–H groups in total. The predicted octanol–water partition coefficient (Wildman–Crippen LogP) is 2.69. The van der Waals surface area contributed by atoms with Crippen LogP contribution < -0.4 is 0 Å². The molecule has 0 saturated carbocycles. The van der Waals surface area contributed by atoms with E-state index in [0.717, 1.165) is 5.56 Å². The van der Waals surface area contributed by atoms with Crippen LogP contribution >= 0.6 is 0 Å². The highest BCUT2D eigenvalue weighted by Crippen LogP contribution is 2.26. The Bertz CT molecular complexity index is 760. The molecule has 1 atom stereocenters. The lowest BCUT2D eigenvalue weighted by Crippen LogP contribution is -2.05. The molecule has 22 heavy (non-hydrogen) atoms. The summed E-state index contributed by atoms with van der Waals surface area (Å²) in [6.45, 7) is 0.0858. The quantitative estimate of drug-likeness (QED) is 0.866. The molecular formula is C18H14FNO2. The number of ether oxygens (including phenoxy) is 1. The largest absolute Gasteiger partial charge is 0.475 e. The highest BCUT2D eigenvalue weighted by Gasteiger charge is 2.24. The van der Waals surface area contributed by atoms with E-state index in [1.165, 1.54) is 0 Å². The number of aliphatic hydroxyl groups is 1. The molecule has 1 aliphatic rings. The van der Waals surface area contributed by atoms with E-state index < -0.39 is 5.82 Å². The number of benzene rings is 2. The van der Waals surface area contributed by atoms with Crippen LogP contribution in [0, 0.1) is 17.7 Å². The van der Waals surface area contributed by atoms with Crippen molar-refractivity contribution in [3.8, 4) is 11.8 Å². The fourth-order valence-corrected chi connectivity index (χ4v) is 2.30. The minimum atomic E-state index is -0.476. The van der Waals surface area contributed by atoms with Crippen molar-refractivity contribution in [1.29, 1.82) is 0 Å². The molecule has 1 heterocycles. The van der Waals surface area contributed by atoms with Gasteiger partial charge in [0.1, 0.15) is 19.3 Å². The maximum Gasteiger partial charge on any atom is 0.219 e. The molecule has 0 amide bonds. The van der Waals surface area contributed by atoms with Crippen LogP contribution in [0.1, 0.15) is 22.7 Å². The molecule has 0 radical (unpaired) electrons. The summed E-state index contributed by atoms with van der Waals surface area (Å²) in [4.78, 5) is 4.47. The van der Waals surface area contributed by atoms with E-state index in [0.29, 0.717) is 18.1 Å². The molecule has 0 aliphatic carbocycles. The number of nitrogens with zero attached hydrogens (tertiary/aromatic N) is 1. The number of halogens is 1. The van der Waals surface area contributed by atoms with Crippen LogP contribution in [-0.2, 0) is 4.74 Å². The lowest BCUT2D eigenvalue weighted by atomic mass is 10.1. The standard InChI is InChI=1S/C18H14FNO2/c19-17-14(9-5-11-21)8-4-10-15(17)18-20-16(12-22-18)13-6-2-1-3-7-13/h1-4,6-8,10,16,21H,11-12H2/t16-/m0/s1. The van der Waals surface area contributed by atoms with Gasteiger partial charge in [-0.05, 0) is 17.7 Å². The van der Waals surface area contributed by atoms with Gasteiger partial charge >= 0.3 is 0 Å². The van der Waals surface area contributed by atoms with Crippen molar-refractivity contribution in [2.45, 2.75) is 6.04 Å². The molecule has 0 spiro atoms. The van der Waals surface area contributed by atoms with Gasteiger partial charge in [-0.2, -0.15) is 0 Å². The topological polar surface area (TPSA) is 41.8 Å². The smallest absolute Gasteiger partial charge is 0.219 e. The SMILES string of the molecule is OCC#Cc1cccc(C2=N[C@H](c3ccccc3)CO2)c1F. The summed E-state index contributed by atoms with van der Waals surface area (Å²) in [5, 5.41) is 8.72. The summed E-state index contributed by atoms with van der Waals surface area (Å²) in [5.74, 6) is 4.84. The zero-order valence-corrected chi connectivity index (χ0v) is 11.8. The Morgan fingerprint density at radius 2 is 2.00 bits per heavy atom. The highest BCUT2D eigenvalue weighted by molar-refractivity contribution is 5.95. The number of aliphatic hydroxyl groups excluding tert-OH is 1. The maximum absolute atomic E-state index is 14.4. The summed E-state index contributed by atoms with van der Waals surface area (Å²) in [6, 6.07) is 14.5. The normalized spacial score (nSPS) is 16.5. The van der Waals surface area contributed by atoms with Gasteiger partial charge in [-0.15, -0.1) is 0 Å². The van der Waals surface area contributed by atoms with Gasteiger partial charge in [-0.1, -0.05) is 48.2 Å². The number of rotatable bonds is 2. The molecule has 2 aromatic carbocycles. The minimum absolute atomic E-state index is 0.122. The van der Waals surface area contributed by atoms with E-state index in [-0.39, 0.29) is 18.2 Å². The molecule has 1 aliphatic heterocycles. The third kappa shape index (κ3) is 2.85. The Balaban J connectivity index is 1.92. The summed E-state index contributed by atoms with van der Waals surface area (Å²) in [5.41, 5.74) is 1.55. The molecule has 110 valence electrons. The second kappa shape index (κ2) is 6.42. The summed E-state index contributed by atoms with van der Waals surface area (Å²) in [6.07, 6.45) is 0. The molecule has 3 rings (SSSR count). The fourth-order valence-electron chi connectivity index (χ4n) is 2.30. The van der Waals surface area contributed by atoms with Gasteiger partial charge < -0.3 is 9.84 Å². The van der Waals surface area contributed by atoms with Crippen LogP contribution in [0.15, 0.2) is 53.5 Å². The zero-order chi connectivity index (χ0) is 15.4. The molecule has 0 aromatic heterocycles. The van der Waals surface area contributed by atoms with Crippen molar-refractivity contribution in [2.75, 3.05) is 13.2 Å². The number of hydrogen-bond donors (Lipinski definition) is 1. The third-order valence-electron chi connectivity index (χ3n) is 3.37. The van der Waals surface area contributed by atoms with Gasteiger partial charge in [0.25, 0.3) is 0 Å². The number of hydrogen-bond acceptors (Lipinski definition) is 3. The summed E-state index contributed by atoms with van der Waals surface area (Å²) >= 11 is 0. The Morgan fingerprint density at radius 1 is 1.18 bits per heavy atom. The molecule has 0 unspecified atom stereocenters. The lowest BCUT2D eigenvalue weighted by Gasteiger charge is -2.04. The van der Waals surface area contributed by atoms with Gasteiger partial charge in [0.05, 0.1) is 11.1 Å². The van der Waals surface area contributed by atoms with Crippen LogP contribution in [0.25, 0.3) is 0 Å². The second-order valence-corrected chi connectivity index (χ2v) is 4.80. The highest BCUT2D eigenvalue weighted by atomic mass is 19.1. The molecule has 2 aromatic rings. The van der Waals surface area contributed by atoms with Crippen LogP contribution in [0.4, 0.5) is 4.39 Å². The average molecular weight is 295 g/mol. The Labute approximate surface area is 128 Å². The first-order valence-corrected chi connectivity index (χ1v) is 6.93. The van der Waals surface area contributed by atoms with Crippen LogP contribution in [0.3, 0.4) is 0 Å². The first-order chi connectivity index (χ1) is 10.8. The Morgan fingerprint density at radius 3 is 2.77 bits per heavy atom. The second-order valence-electron chi connectivity index (χ2n) is 4.80. The Hall–Kier alpha value is -2.64. The van der Waals surface area contributed by atoms with Crippen LogP contribution in [0.5, 0.6) is 0 Å². The monoisotopic (exact) mass is 295 g/mol. The van der Waals surface area contributed by atoms with E-state index in [4.69, 9.17) is 9.84 Å². The van der Waals surface area contributed by atoms with E-state index >= 15 is 0 Å². The molecular weight excluding hydrogens is 281 g/mol. The van der Waals surface area contributed by atoms with Gasteiger partial charge in [0.2, 0.25) is 5.90 Å². The molecule has 0 saturated heterocycles. The molecule has 0 bridgehead atoms. The minimum Gasteiger partial charge on any atom is -0.475 e. The lowest BCUT2D eigenvalue weighted by molar-refractivity contribution is 0.318. The predicted molar refractivity (Wildman–Crippen MR) is 82.0 cm³/mol. The average Bonchev–Trinajstić information content (AvgIpc) is 3.04. The first kappa shape index (κ1) is 14.3. The van der Waals surface area contributed by atoms with Crippen molar-refractivity contribution in [1.82, 2.24) is 0 Å². The third-order valence-corrected chi connectivity index (χ3v) is 3.37.